The molecule has 0 spiro atoms. The number of likely N-dealkylation sites (N-methyl/N-ethyl adjacent to an activating group) is 1. The molecule has 0 radical (unpaired) electrons. The van der Waals surface area contributed by atoms with E-state index < -0.39 is 0 Å². The van der Waals surface area contributed by atoms with Crippen LogP contribution in [0.1, 0.15) is 40.7 Å². The molecule has 0 unspecified atom stereocenters. The van der Waals surface area contributed by atoms with Gasteiger partial charge in [-0.15, -0.1) is 11.3 Å². The van der Waals surface area contributed by atoms with Crippen molar-refractivity contribution < 1.29 is 14.3 Å². The second kappa shape index (κ2) is 5.83. The van der Waals surface area contributed by atoms with E-state index in [0.29, 0.717) is 16.5 Å². The zero-order valence-electron chi connectivity index (χ0n) is 12.2. The average molecular weight is 296 g/mol. The third-order valence-electron chi connectivity index (χ3n) is 3.45. The van der Waals surface area contributed by atoms with Crippen LogP contribution in [0.3, 0.4) is 0 Å². The van der Waals surface area contributed by atoms with Crippen LogP contribution in [0, 0.1) is 0 Å². The fraction of sp³-hybridized carbons (Fsp3) is 0.571. The van der Waals surface area contributed by atoms with Gasteiger partial charge in [-0.1, -0.05) is 13.8 Å². The van der Waals surface area contributed by atoms with Crippen LogP contribution in [-0.4, -0.2) is 43.5 Å². The summed E-state index contributed by atoms with van der Waals surface area (Å²) in [5.74, 6) is 0.0437. The number of thiophene rings is 1. The molecule has 0 bridgehead atoms. The van der Waals surface area contributed by atoms with Crippen molar-refractivity contribution >= 4 is 28.9 Å². The van der Waals surface area contributed by atoms with Gasteiger partial charge in [-0.3, -0.25) is 4.79 Å². The number of carbonyl (C=O) groups excluding carboxylic acids is 2. The summed E-state index contributed by atoms with van der Waals surface area (Å²) in [5.41, 5.74) is 0.708. The van der Waals surface area contributed by atoms with E-state index >= 15 is 0 Å². The smallest absolute Gasteiger partial charge is 0.350 e. The van der Waals surface area contributed by atoms with Gasteiger partial charge in [0.25, 0.3) is 0 Å². The molecular formula is C14H20N2O3S. The first-order chi connectivity index (χ1) is 9.43. The third kappa shape index (κ3) is 2.80. The summed E-state index contributed by atoms with van der Waals surface area (Å²) in [7, 11) is 3.16. The minimum absolute atomic E-state index is 0.0677. The third-order valence-corrected chi connectivity index (χ3v) is 4.86. The van der Waals surface area contributed by atoms with E-state index in [9.17, 15) is 9.59 Å². The summed E-state index contributed by atoms with van der Waals surface area (Å²) in [6.07, 6.45) is 0.753. The molecule has 6 heteroatoms. The highest BCUT2D eigenvalue weighted by molar-refractivity contribution is 7.14. The Kier molecular flexibility index (Phi) is 4.32. The summed E-state index contributed by atoms with van der Waals surface area (Å²) in [5, 5.41) is 3.20. The zero-order valence-corrected chi connectivity index (χ0v) is 13.0. The first-order valence-electron chi connectivity index (χ1n) is 6.67. The van der Waals surface area contributed by atoms with Crippen molar-refractivity contribution in [2.45, 2.75) is 32.2 Å². The first-order valence-corrected chi connectivity index (χ1v) is 7.49. The van der Waals surface area contributed by atoms with E-state index in [0.717, 1.165) is 17.8 Å². The summed E-state index contributed by atoms with van der Waals surface area (Å²) in [6.45, 7) is 4.89. The highest BCUT2D eigenvalue weighted by atomic mass is 32.1. The number of carbonyl (C=O) groups is 2. The molecule has 20 heavy (non-hydrogen) atoms. The van der Waals surface area contributed by atoms with E-state index in [4.69, 9.17) is 4.74 Å². The van der Waals surface area contributed by atoms with Crippen molar-refractivity contribution in [1.29, 1.82) is 0 Å². The molecule has 1 aliphatic heterocycles. The maximum atomic E-state index is 12.0. The number of nitrogens with one attached hydrogen (secondary N) is 1. The number of anilines is 1. The van der Waals surface area contributed by atoms with Crippen LogP contribution >= 0.6 is 11.3 Å². The molecule has 2 heterocycles. The van der Waals surface area contributed by atoms with E-state index in [1.807, 2.05) is 6.07 Å². The lowest BCUT2D eigenvalue weighted by Gasteiger charge is -2.13. The highest BCUT2D eigenvalue weighted by Crippen LogP contribution is 2.33. The van der Waals surface area contributed by atoms with Crippen LogP contribution in [0.15, 0.2) is 6.07 Å². The summed E-state index contributed by atoms with van der Waals surface area (Å²) in [6, 6.07) is 1.70. The number of rotatable bonds is 4. The van der Waals surface area contributed by atoms with E-state index in [1.165, 1.54) is 18.4 Å². The Hall–Kier alpha value is -1.56. The van der Waals surface area contributed by atoms with Crippen LogP contribution in [-0.2, 0) is 9.53 Å². The lowest BCUT2D eigenvalue weighted by Crippen LogP contribution is -2.31. The largest absolute Gasteiger partial charge is 0.465 e. The van der Waals surface area contributed by atoms with Gasteiger partial charge in [0.05, 0.1) is 12.8 Å². The maximum Gasteiger partial charge on any atom is 0.350 e. The van der Waals surface area contributed by atoms with Crippen molar-refractivity contribution in [3.8, 4) is 0 Å². The SMILES string of the molecule is COC(=O)c1sc(C(C)C)cc1N[C@H]1CCN(C)C1=O. The van der Waals surface area contributed by atoms with Gasteiger partial charge in [0.2, 0.25) is 5.91 Å². The van der Waals surface area contributed by atoms with E-state index in [1.54, 1.807) is 11.9 Å². The molecule has 110 valence electrons. The average Bonchev–Trinajstić information content (AvgIpc) is 2.97. The second-order valence-electron chi connectivity index (χ2n) is 5.28. The second-order valence-corrected chi connectivity index (χ2v) is 6.37. The molecule has 0 aliphatic carbocycles. The summed E-state index contributed by atoms with van der Waals surface area (Å²) < 4.78 is 4.82. The molecule has 1 atom stereocenters. The summed E-state index contributed by atoms with van der Waals surface area (Å²) in [4.78, 5) is 27.1. The van der Waals surface area contributed by atoms with Crippen molar-refractivity contribution in [2.75, 3.05) is 26.0 Å². The number of methoxy groups -OCH3 is 1. The minimum Gasteiger partial charge on any atom is -0.465 e. The predicted octanol–water partition coefficient (Wildman–Crippen LogP) is 2.30. The molecule has 5 nitrogen and oxygen atoms in total. The van der Waals surface area contributed by atoms with Gasteiger partial charge in [-0.05, 0) is 18.4 Å². The topological polar surface area (TPSA) is 58.6 Å². The molecule has 2 rings (SSSR count). The molecule has 1 saturated heterocycles. The van der Waals surface area contributed by atoms with Gasteiger partial charge in [0.15, 0.2) is 0 Å². The Bertz CT molecular complexity index is 524. The lowest BCUT2D eigenvalue weighted by molar-refractivity contribution is -0.127. The number of esters is 1. The zero-order chi connectivity index (χ0) is 14.9. The Balaban J connectivity index is 2.25. The van der Waals surface area contributed by atoms with Gasteiger partial charge in [-0.2, -0.15) is 0 Å². The fourth-order valence-electron chi connectivity index (χ4n) is 2.19. The molecule has 1 N–H and O–H groups in total. The van der Waals surface area contributed by atoms with Gasteiger partial charge in [-0.25, -0.2) is 4.79 Å². The first kappa shape index (κ1) is 14.8. The standard InChI is InChI=1S/C14H20N2O3S/c1-8(2)11-7-10(12(20-11)14(18)19-4)15-9-5-6-16(3)13(9)17/h7-9,15H,5-6H2,1-4H3/t9-/m0/s1. The molecule has 1 amide bonds. The molecular weight excluding hydrogens is 276 g/mol. The van der Waals surface area contributed by atoms with Gasteiger partial charge < -0.3 is 15.0 Å². The van der Waals surface area contributed by atoms with Crippen LogP contribution in [0.4, 0.5) is 5.69 Å². The lowest BCUT2D eigenvalue weighted by atomic mass is 10.1. The number of nitrogens with zero attached hydrogens (tertiary/aromatic N) is 1. The van der Waals surface area contributed by atoms with Crippen LogP contribution < -0.4 is 5.32 Å². The molecule has 1 aliphatic rings. The molecule has 1 fully saturated rings. The minimum atomic E-state index is -0.358. The van der Waals surface area contributed by atoms with Crippen LogP contribution in [0.25, 0.3) is 0 Å². The molecule has 1 aromatic heterocycles. The van der Waals surface area contributed by atoms with Crippen molar-refractivity contribution in [3.05, 3.63) is 15.8 Å². The Morgan fingerprint density at radius 1 is 1.55 bits per heavy atom. The quantitative estimate of drug-likeness (QED) is 0.866. The fourth-order valence-corrected chi connectivity index (χ4v) is 3.23. The highest BCUT2D eigenvalue weighted by Gasteiger charge is 2.30. The number of likely N-dealkylation sites (tertiary alicyclic amines) is 1. The Labute approximate surface area is 122 Å². The monoisotopic (exact) mass is 296 g/mol. The predicted molar refractivity (Wildman–Crippen MR) is 79.4 cm³/mol. The van der Waals surface area contributed by atoms with Crippen LogP contribution in [0.5, 0.6) is 0 Å². The van der Waals surface area contributed by atoms with Crippen molar-refractivity contribution in [2.24, 2.45) is 0 Å². The number of hydrogen-bond donors (Lipinski definition) is 1. The number of hydrogen-bond acceptors (Lipinski definition) is 5. The van der Waals surface area contributed by atoms with Gasteiger partial charge >= 0.3 is 5.97 Å². The molecule has 0 saturated carbocycles. The Morgan fingerprint density at radius 2 is 2.25 bits per heavy atom. The van der Waals surface area contributed by atoms with Crippen molar-refractivity contribution in [1.82, 2.24) is 4.90 Å². The number of ether oxygens (including phenoxy) is 1. The summed E-state index contributed by atoms with van der Waals surface area (Å²) >= 11 is 1.42. The van der Waals surface area contributed by atoms with Gasteiger partial charge in [0, 0.05) is 18.5 Å². The van der Waals surface area contributed by atoms with E-state index in [2.05, 4.69) is 19.2 Å². The van der Waals surface area contributed by atoms with Gasteiger partial charge in [0.1, 0.15) is 10.9 Å². The molecule has 0 aromatic carbocycles. The maximum absolute atomic E-state index is 12.0. The van der Waals surface area contributed by atoms with Crippen LogP contribution in [0.2, 0.25) is 0 Å². The Morgan fingerprint density at radius 3 is 2.75 bits per heavy atom. The van der Waals surface area contributed by atoms with E-state index in [-0.39, 0.29) is 17.9 Å². The van der Waals surface area contributed by atoms with Crippen molar-refractivity contribution in [3.63, 3.8) is 0 Å². The normalized spacial score (nSPS) is 18.8. The molecule has 1 aromatic rings. The number of amides is 1.